The molecule has 1 N–H and O–H groups in total. The first-order valence-electron chi connectivity index (χ1n) is 9.19. The summed E-state index contributed by atoms with van der Waals surface area (Å²) in [7, 11) is 0. The number of carbonyl (C=O) groups excluding carboxylic acids is 1. The third-order valence-corrected chi connectivity index (χ3v) is 6.52. The molecule has 1 heterocycles. The number of aliphatic hydroxyl groups excluding tert-OH is 1. The van der Waals surface area contributed by atoms with Gasteiger partial charge < -0.3 is 10.0 Å². The van der Waals surface area contributed by atoms with E-state index in [2.05, 4.69) is 29.2 Å². The summed E-state index contributed by atoms with van der Waals surface area (Å²) in [5.74, 6) is 1.69. The molecule has 1 aromatic carbocycles. The highest BCUT2D eigenvalue weighted by Gasteiger charge is 2.56. The molecule has 23 heavy (non-hydrogen) atoms. The Kier molecular flexibility index (Phi) is 3.92. The van der Waals surface area contributed by atoms with E-state index in [1.165, 1.54) is 24.8 Å². The van der Waals surface area contributed by atoms with Gasteiger partial charge in [-0.15, -0.1) is 0 Å². The summed E-state index contributed by atoms with van der Waals surface area (Å²) in [5.41, 5.74) is 1.12. The zero-order chi connectivity index (χ0) is 15.9. The average Bonchev–Trinajstić information content (AvgIpc) is 3.17. The van der Waals surface area contributed by atoms with E-state index in [9.17, 15) is 9.90 Å². The molecule has 2 aliphatic carbocycles. The van der Waals surface area contributed by atoms with E-state index in [1.807, 2.05) is 6.07 Å². The summed E-state index contributed by atoms with van der Waals surface area (Å²) in [6.45, 7) is 1.46. The molecule has 2 bridgehead atoms. The highest BCUT2D eigenvalue weighted by Crippen LogP contribution is 2.58. The van der Waals surface area contributed by atoms with E-state index in [0.29, 0.717) is 11.8 Å². The van der Waals surface area contributed by atoms with Gasteiger partial charge in [-0.2, -0.15) is 0 Å². The number of benzene rings is 1. The molecule has 0 spiro atoms. The van der Waals surface area contributed by atoms with Gasteiger partial charge in [-0.05, 0) is 55.9 Å². The minimum Gasteiger partial charge on any atom is -0.393 e. The number of rotatable bonds is 3. The fourth-order valence-electron chi connectivity index (χ4n) is 5.34. The third kappa shape index (κ3) is 2.69. The SMILES string of the molecule is O=C(N1CCC(O)CC1)C1(Cc2ccccc2)CC2CCC1C2. The van der Waals surface area contributed by atoms with Crippen LogP contribution in [0.5, 0.6) is 0 Å². The number of hydrogen-bond acceptors (Lipinski definition) is 2. The fraction of sp³-hybridized carbons (Fsp3) is 0.650. The number of fused-ring (bicyclic) bond motifs is 2. The molecule has 0 radical (unpaired) electrons. The lowest BCUT2D eigenvalue weighted by Gasteiger charge is -2.42. The minimum atomic E-state index is -0.218. The number of piperidine rings is 1. The molecule has 124 valence electrons. The summed E-state index contributed by atoms with van der Waals surface area (Å²) in [5, 5.41) is 9.74. The van der Waals surface area contributed by atoms with Crippen LogP contribution < -0.4 is 0 Å². The Labute approximate surface area is 138 Å². The van der Waals surface area contributed by atoms with Gasteiger partial charge in [0.1, 0.15) is 0 Å². The van der Waals surface area contributed by atoms with Gasteiger partial charge in [-0.3, -0.25) is 4.79 Å². The van der Waals surface area contributed by atoms with Crippen LogP contribution in [0.2, 0.25) is 0 Å². The highest BCUT2D eigenvalue weighted by molar-refractivity contribution is 5.84. The van der Waals surface area contributed by atoms with Crippen molar-refractivity contribution in [1.29, 1.82) is 0 Å². The first kappa shape index (κ1) is 15.2. The van der Waals surface area contributed by atoms with Gasteiger partial charge in [0.05, 0.1) is 11.5 Å². The Morgan fingerprint density at radius 2 is 1.87 bits per heavy atom. The van der Waals surface area contributed by atoms with E-state index < -0.39 is 0 Å². The van der Waals surface area contributed by atoms with Crippen LogP contribution >= 0.6 is 0 Å². The van der Waals surface area contributed by atoms with Gasteiger partial charge in [-0.25, -0.2) is 0 Å². The molecule has 1 aliphatic heterocycles. The van der Waals surface area contributed by atoms with Crippen molar-refractivity contribution in [2.45, 2.75) is 51.0 Å². The highest BCUT2D eigenvalue weighted by atomic mass is 16.3. The van der Waals surface area contributed by atoms with Crippen molar-refractivity contribution < 1.29 is 9.90 Å². The molecule has 3 atom stereocenters. The van der Waals surface area contributed by atoms with Crippen molar-refractivity contribution in [2.24, 2.45) is 17.3 Å². The van der Waals surface area contributed by atoms with E-state index in [4.69, 9.17) is 0 Å². The van der Waals surface area contributed by atoms with Crippen molar-refractivity contribution in [3.8, 4) is 0 Å². The lowest BCUT2D eigenvalue weighted by atomic mass is 9.68. The second-order valence-electron chi connectivity index (χ2n) is 7.92. The molecule has 3 heteroatoms. The van der Waals surface area contributed by atoms with Crippen LogP contribution in [-0.4, -0.2) is 35.1 Å². The number of likely N-dealkylation sites (tertiary alicyclic amines) is 1. The van der Waals surface area contributed by atoms with Gasteiger partial charge in [-0.1, -0.05) is 36.8 Å². The van der Waals surface area contributed by atoms with Crippen molar-refractivity contribution in [3.63, 3.8) is 0 Å². The molecular formula is C20H27NO2. The molecule has 1 amide bonds. The number of hydrogen-bond donors (Lipinski definition) is 1. The molecule has 2 saturated carbocycles. The number of aliphatic hydroxyl groups is 1. The second-order valence-corrected chi connectivity index (χ2v) is 7.92. The average molecular weight is 313 g/mol. The summed E-state index contributed by atoms with van der Waals surface area (Å²) >= 11 is 0. The third-order valence-electron chi connectivity index (χ3n) is 6.52. The number of amides is 1. The maximum Gasteiger partial charge on any atom is 0.229 e. The van der Waals surface area contributed by atoms with Crippen LogP contribution in [-0.2, 0) is 11.2 Å². The molecule has 3 unspecified atom stereocenters. The zero-order valence-electron chi connectivity index (χ0n) is 13.8. The summed E-state index contributed by atoms with van der Waals surface area (Å²) in [6, 6.07) is 10.5. The van der Waals surface area contributed by atoms with Crippen LogP contribution in [0, 0.1) is 17.3 Å². The van der Waals surface area contributed by atoms with Gasteiger partial charge in [0.15, 0.2) is 0 Å². The van der Waals surface area contributed by atoms with Crippen molar-refractivity contribution in [3.05, 3.63) is 35.9 Å². The lowest BCUT2D eigenvalue weighted by Crippen LogP contribution is -2.51. The Morgan fingerprint density at radius 3 is 2.48 bits per heavy atom. The maximum absolute atomic E-state index is 13.5. The summed E-state index contributed by atoms with van der Waals surface area (Å²) in [6.07, 6.45) is 7.01. The molecule has 3 fully saturated rings. The number of carbonyl (C=O) groups is 1. The predicted octanol–water partition coefficient (Wildman–Crippen LogP) is 3.02. The fourth-order valence-corrected chi connectivity index (χ4v) is 5.34. The van der Waals surface area contributed by atoms with E-state index >= 15 is 0 Å². The molecule has 1 aromatic rings. The standard InChI is InChI=1S/C20H27NO2/c22-18-8-10-21(11-9-18)19(23)20(13-15-4-2-1-3-5-15)14-16-6-7-17(20)12-16/h1-5,16-18,22H,6-14H2. The topological polar surface area (TPSA) is 40.5 Å². The smallest absolute Gasteiger partial charge is 0.229 e. The monoisotopic (exact) mass is 313 g/mol. The molecule has 3 nitrogen and oxygen atoms in total. The van der Waals surface area contributed by atoms with E-state index in [0.717, 1.165) is 44.7 Å². The lowest BCUT2D eigenvalue weighted by molar-refractivity contribution is -0.147. The van der Waals surface area contributed by atoms with Crippen LogP contribution in [0.25, 0.3) is 0 Å². The first-order valence-corrected chi connectivity index (χ1v) is 9.19. The Morgan fingerprint density at radius 1 is 1.13 bits per heavy atom. The van der Waals surface area contributed by atoms with Crippen LogP contribution in [0.4, 0.5) is 0 Å². The largest absolute Gasteiger partial charge is 0.393 e. The Hall–Kier alpha value is -1.35. The Balaban J connectivity index is 1.59. The normalized spacial score (nSPS) is 34.0. The summed E-state index contributed by atoms with van der Waals surface area (Å²) in [4.78, 5) is 15.5. The zero-order valence-corrected chi connectivity index (χ0v) is 13.8. The summed E-state index contributed by atoms with van der Waals surface area (Å²) < 4.78 is 0. The minimum absolute atomic E-state index is 0.174. The number of nitrogens with zero attached hydrogens (tertiary/aromatic N) is 1. The van der Waals surface area contributed by atoms with Crippen molar-refractivity contribution >= 4 is 5.91 Å². The quantitative estimate of drug-likeness (QED) is 0.932. The second kappa shape index (κ2) is 5.94. The van der Waals surface area contributed by atoms with Gasteiger partial charge in [0.25, 0.3) is 0 Å². The molecule has 4 rings (SSSR count). The first-order chi connectivity index (χ1) is 11.2. The molecule has 1 saturated heterocycles. The van der Waals surface area contributed by atoms with Crippen LogP contribution in [0.1, 0.15) is 44.1 Å². The van der Waals surface area contributed by atoms with Crippen molar-refractivity contribution in [1.82, 2.24) is 4.90 Å². The maximum atomic E-state index is 13.5. The van der Waals surface area contributed by atoms with E-state index in [-0.39, 0.29) is 11.5 Å². The molecule has 0 aromatic heterocycles. The predicted molar refractivity (Wildman–Crippen MR) is 89.8 cm³/mol. The van der Waals surface area contributed by atoms with Gasteiger partial charge in [0, 0.05) is 13.1 Å². The van der Waals surface area contributed by atoms with Gasteiger partial charge >= 0.3 is 0 Å². The van der Waals surface area contributed by atoms with Crippen molar-refractivity contribution in [2.75, 3.05) is 13.1 Å². The van der Waals surface area contributed by atoms with Crippen LogP contribution in [0.15, 0.2) is 30.3 Å². The molecule has 3 aliphatic rings. The van der Waals surface area contributed by atoms with Crippen LogP contribution in [0.3, 0.4) is 0 Å². The van der Waals surface area contributed by atoms with Gasteiger partial charge in [0.2, 0.25) is 5.91 Å². The van der Waals surface area contributed by atoms with E-state index in [1.54, 1.807) is 0 Å². The Bertz CT molecular complexity index is 564. The molecular weight excluding hydrogens is 286 g/mol.